The summed E-state index contributed by atoms with van der Waals surface area (Å²) >= 11 is 0. The molecule has 0 atom stereocenters. The molecule has 13 heavy (non-hydrogen) atoms. The highest BCUT2D eigenvalue weighted by Gasteiger charge is 2.17. The number of carbonyl (C=O) groups excluding carboxylic acids is 1. The summed E-state index contributed by atoms with van der Waals surface area (Å²) in [5.74, 6) is -0.212. The van der Waals surface area contributed by atoms with E-state index in [2.05, 4.69) is 15.6 Å². The number of hydrogen-bond donors (Lipinski definition) is 1. The van der Waals surface area contributed by atoms with Gasteiger partial charge >= 0.3 is 0 Å². The number of carbonyl (C=O) groups is 1. The highest BCUT2D eigenvalue weighted by atomic mass is 16.1. The molecule has 1 amide bonds. The van der Waals surface area contributed by atoms with Gasteiger partial charge in [0.05, 0.1) is 11.7 Å². The summed E-state index contributed by atoms with van der Waals surface area (Å²) in [4.78, 5) is 11.1. The Hall–Kier alpha value is -1.39. The fourth-order valence-corrected chi connectivity index (χ4v) is 0.824. The largest absolute Gasteiger partial charge is 0.354 e. The summed E-state index contributed by atoms with van der Waals surface area (Å²) in [5.41, 5.74) is 0.205. The molecule has 72 valence electrons. The van der Waals surface area contributed by atoms with E-state index in [-0.39, 0.29) is 11.4 Å². The van der Waals surface area contributed by atoms with Crippen molar-refractivity contribution in [3.05, 3.63) is 11.9 Å². The van der Waals surface area contributed by atoms with Crippen molar-refractivity contribution in [2.45, 2.75) is 26.3 Å². The molecule has 1 rings (SSSR count). The van der Waals surface area contributed by atoms with Crippen LogP contribution in [0.15, 0.2) is 6.20 Å². The molecule has 0 spiro atoms. The standard InChI is InChI=1S/C8H14N4O/c1-8(2,3)12-5-6(10-11-12)7(13)9-4/h5H,1-4H3,(H,9,13). The van der Waals surface area contributed by atoms with Crippen LogP contribution < -0.4 is 5.32 Å². The molecule has 0 bridgehead atoms. The molecule has 0 saturated carbocycles. The van der Waals surface area contributed by atoms with E-state index in [4.69, 9.17) is 0 Å². The first-order valence-corrected chi connectivity index (χ1v) is 4.10. The predicted molar refractivity (Wildman–Crippen MR) is 48.4 cm³/mol. The topological polar surface area (TPSA) is 59.8 Å². The lowest BCUT2D eigenvalue weighted by molar-refractivity contribution is 0.0958. The fourth-order valence-electron chi connectivity index (χ4n) is 0.824. The monoisotopic (exact) mass is 182 g/mol. The summed E-state index contributed by atoms with van der Waals surface area (Å²) in [7, 11) is 1.57. The number of nitrogens with zero attached hydrogens (tertiary/aromatic N) is 3. The van der Waals surface area contributed by atoms with E-state index in [1.807, 2.05) is 20.8 Å². The SMILES string of the molecule is CNC(=O)c1cn(C(C)(C)C)nn1. The second-order valence-electron chi connectivity index (χ2n) is 3.80. The van der Waals surface area contributed by atoms with Crippen LogP contribution in [-0.2, 0) is 5.54 Å². The Morgan fingerprint density at radius 3 is 2.54 bits per heavy atom. The minimum atomic E-state index is -0.212. The van der Waals surface area contributed by atoms with E-state index in [0.29, 0.717) is 5.69 Å². The van der Waals surface area contributed by atoms with Gasteiger partial charge < -0.3 is 5.32 Å². The molecule has 1 heterocycles. The zero-order valence-electron chi connectivity index (χ0n) is 8.33. The maximum absolute atomic E-state index is 11.1. The average molecular weight is 182 g/mol. The van der Waals surface area contributed by atoms with Crippen molar-refractivity contribution in [2.75, 3.05) is 7.05 Å². The second kappa shape index (κ2) is 3.16. The Morgan fingerprint density at radius 1 is 1.54 bits per heavy atom. The molecule has 1 aromatic rings. The number of hydrogen-bond acceptors (Lipinski definition) is 3. The molecule has 1 N–H and O–H groups in total. The Bertz CT molecular complexity index is 310. The van der Waals surface area contributed by atoms with Gasteiger partial charge in [0.1, 0.15) is 0 Å². The normalized spacial score (nSPS) is 11.4. The maximum Gasteiger partial charge on any atom is 0.273 e. The highest BCUT2D eigenvalue weighted by Crippen LogP contribution is 2.11. The molecular weight excluding hydrogens is 168 g/mol. The van der Waals surface area contributed by atoms with Crippen LogP contribution in [0.3, 0.4) is 0 Å². The summed E-state index contributed by atoms with van der Waals surface area (Å²) in [6, 6.07) is 0. The van der Waals surface area contributed by atoms with Gasteiger partial charge in [0.25, 0.3) is 5.91 Å². The van der Waals surface area contributed by atoms with Crippen molar-refractivity contribution in [1.82, 2.24) is 20.3 Å². The fraction of sp³-hybridized carbons (Fsp3) is 0.625. The molecule has 0 aliphatic heterocycles. The van der Waals surface area contributed by atoms with Crippen LogP contribution in [0.1, 0.15) is 31.3 Å². The Labute approximate surface area is 77.1 Å². The average Bonchev–Trinajstić information content (AvgIpc) is 2.50. The van der Waals surface area contributed by atoms with Crippen molar-refractivity contribution >= 4 is 5.91 Å². The quantitative estimate of drug-likeness (QED) is 0.683. The van der Waals surface area contributed by atoms with Crippen molar-refractivity contribution < 1.29 is 4.79 Å². The van der Waals surface area contributed by atoms with E-state index in [0.717, 1.165) is 0 Å². The Morgan fingerprint density at radius 2 is 2.15 bits per heavy atom. The first-order chi connectivity index (χ1) is 5.95. The number of rotatable bonds is 1. The van der Waals surface area contributed by atoms with E-state index in [1.54, 1.807) is 17.9 Å². The minimum Gasteiger partial charge on any atom is -0.354 e. The second-order valence-corrected chi connectivity index (χ2v) is 3.80. The molecule has 0 radical (unpaired) electrons. The molecule has 0 unspecified atom stereocenters. The first kappa shape index (κ1) is 9.70. The Balaban J connectivity index is 2.93. The Kier molecular flexibility index (Phi) is 2.36. The number of nitrogens with one attached hydrogen (secondary N) is 1. The van der Waals surface area contributed by atoms with Gasteiger partial charge in [-0.25, -0.2) is 4.68 Å². The van der Waals surface area contributed by atoms with Crippen molar-refractivity contribution in [2.24, 2.45) is 0 Å². The van der Waals surface area contributed by atoms with Gasteiger partial charge in [-0.3, -0.25) is 4.79 Å². The third kappa shape index (κ3) is 2.05. The maximum atomic E-state index is 11.1. The third-order valence-electron chi connectivity index (χ3n) is 1.64. The van der Waals surface area contributed by atoms with Gasteiger partial charge in [-0.2, -0.15) is 0 Å². The number of aromatic nitrogens is 3. The van der Waals surface area contributed by atoms with E-state index in [1.165, 1.54) is 0 Å². The molecule has 0 fully saturated rings. The predicted octanol–water partition coefficient (Wildman–Crippen LogP) is 0.393. The summed E-state index contributed by atoms with van der Waals surface area (Å²) < 4.78 is 1.66. The van der Waals surface area contributed by atoms with Gasteiger partial charge in [-0.15, -0.1) is 5.10 Å². The summed E-state index contributed by atoms with van der Waals surface area (Å²) in [6.07, 6.45) is 1.64. The molecule has 0 aromatic carbocycles. The summed E-state index contributed by atoms with van der Waals surface area (Å²) in [6.45, 7) is 5.99. The lowest BCUT2D eigenvalue weighted by Crippen LogP contribution is -2.22. The zero-order chi connectivity index (χ0) is 10.1. The number of amides is 1. The molecule has 5 nitrogen and oxygen atoms in total. The van der Waals surface area contributed by atoms with Crippen molar-refractivity contribution in [1.29, 1.82) is 0 Å². The van der Waals surface area contributed by atoms with Crippen molar-refractivity contribution in [3.8, 4) is 0 Å². The zero-order valence-corrected chi connectivity index (χ0v) is 8.33. The van der Waals surface area contributed by atoms with Gasteiger partial charge in [-0.05, 0) is 20.8 Å². The molecule has 0 aliphatic carbocycles. The van der Waals surface area contributed by atoms with Gasteiger partial charge in [0.15, 0.2) is 5.69 Å². The van der Waals surface area contributed by atoms with E-state index in [9.17, 15) is 4.79 Å². The van der Waals surface area contributed by atoms with Crippen LogP contribution in [0.2, 0.25) is 0 Å². The highest BCUT2D eigenvalue weighted by molar-refractivity contribution is 5.91. The van der Waals surface area contributed by atoms with Gasteiger partial charge in [0.2, 0.25) is 0 Å². The molecular formula is C8H14N4O. The lowest BCUT2D eigenvalue weighted by atomic mass is 10.1. The van der Waals surface area contributed by atoms with Crippen LogP contribution in [0, 0.1) is 0 Å². The summed E-state index contributed by atoms with van der Waals surface area (Å²) in [5, 5.41) is 10.1. The minimum absolute atomic E-state index is 0.140. The van der Waals surface area contributed by atoms with E-state index >= 15 is 0 Å². The van der Waals surface area contributed by atoms with Crippen LogP contribution in [0.5, 0.6) is 0 Å². The smallest absolute Gasteiger partial charge is 0.273 e. The van der Waals surface area contributed by atoms with Crippen LogP contribution in [0.25, 0.3) is 0 Å². The van der Waals surface area contributed by atoms with Crippen molar-refractivity contribution in [3.63, 3.8) is 0 Å². The van der Waals surface area contributed by atoms with Crippen LogP contribution in [-0.4, -0.2) is 27.9 Å². The molecule has 0 aliphatic rings. The van der Waals surface area contributed by atoms with Gasteiger partial charge in [-0.1, -0.05) is 5.21 Å². The lowest BCUT2D eigenvalue weighted by Gasteiger charge is -2.17. The molecule has 0 saturated heterocycles. The van der Waals surface area contributed by atoms with Crippen LogP contribution in [0.4, 0.5) is 0 Å². The third-order valence-corrected chi connectivity index (χ3v) is 1.64. The molecule has 1 aromatic heterocycles. The van der Waals surface area contributed by atoms with Crippen LogP contribution >= 0.6 is 0 Å². The molecule has 5 heteroatoms. The van der Waals surface area contributed by atoms with Gasteiger partial charge in [0, 0.05) is 7.05 Å². The van der Waals surface area contributed by atoms with E-state index < -0.39 is 0 Å². The first-order valence-electron chi connectivity index (χ1n) is 4.10.